The zero-order valence-electron chi connectivity index (χ0n) is 14.4. The number of hydrogen-bond donors (Lipinski definition) is 2. The molecule has 1 aromatic heterocycles. The number of rotatable bonds is 8. The van der Waals surface area contributed by atoms with Crippen LogP contribution in [0, 0.1) is 0 Å². The molecule has 10 nitrogen and oxygen atoms in total. The molecule has 2 aliphatic rings. The molecule has 0 radical (unpaired) electrons. The monoisotopic (exact) mass is 492 g/mol. The summed E-state index contributed by atoms with van der Waals surface area (Å²) in [5, 5.41) is 19.0. The molecule has 1 aromatic rings. The normalized spacial score (nSPS) is 21.8. The first kappa shape index (κ1) is 24.4. The van der Waals surface area contributed by atoms with Gasteiger partial charge in [-0.1, -0.05) is 34.9 Å². The molecule has 3 N–H and O–H groups in total. The van der Waals surface area contributed by atoms with E-state index >= 15 is 0 Å². The predicted molar refractivity (Wildman–Crippen MR) is 101 cm³/mol. The van der Waals surface area contributed by atoms with Crippen LogP contribution in [-0.4, -0.2) is 74.4 Å². The second-order valence-electron chi connectivity index (χ2n) is 5.43. The van der Waals surface area contributed by atoms with E-state index in [9.17, 15) is 23.1 Å². The van der Waals surface area contributed by atoms with Gasteiger partial charge in [-0.2, -0.15) is 8.42 Å². The summed E-state index contributed by atoms with van der Waals surface area (Å²) in [5.74, 6) is -1.35. The first-order chi connectivity index (χ1) is 12.7. The predicted octanol–water partition coefficient (Wildman–Crippen LogP) is -4.14. The Bertz CT molecular complexity index is 906. The van der Waals surface area contributed by atoms with Gasteiger partial charge in [0, 0.05) is 17.3 Å². The molecule has 0 saturated carbocycles. The summed E-state index contributed by atoms with van der Waals surface area (Å²) in [5.41, 5.74) is 6.13. The first-order valence-corrected chi connectivity index (χ1v) is 12.8. The molecule has 1 saturated heterocycles. The van der Waals surface area contributed by atoms with E-state index < -0.39 is 28.0 Å². The fourth-order valence-electron chi connectivity index (χ4n) is 2.38. The first-order valence-electron chi connectivity index (χ1n) is 7.35. The molecular weight excluding hydrogens is 479 g/mol. The fourth-order valence-corrected chi connectivity index (χ4v) is 7.73. The van der Waals surface area contributed by atoms with Crippen molar-refractivity contribution in [1.82, 2.24) is 15.1 Å². The molecule has 0 spiro atoms. The van der Waals surface area contributed by atoms with Crippen LogP contribution in [0.1, 0.15) is 0 Å². The zero-order chi connectivity index (χ0) is 19.8. The summed E-state index contributed by atoms with van der Waals surface area (Å²) in [4.78, 5) is 24.6. The fraction of sp³-hybridized carbons (Fsp3) is 0.500. The van der Waals surface area contributed by atoms with Crippen molar-refractivity contribution in [3.05, 3.63) is 11.3 Å². The van der Waals surface area contributed by atoms with Crippen LogP contribution in [-0.2, 0) is 19.7 Å². The molecule has 28 heavy (non-hydrogen) atoms. The molecule has 1 amide bonds. The van der Waals surface area contributed by atoms with E-state index in [1.54, 1.807) is 0 Å². The minimum absolute atomic E-state index is 0. The molecular formula is C12H13N4NaO6S5. The molecule has 0 bridgehead atoms. The minimum Gasteiger partial charge on any atom is -0.543 e. The maximum absolute atomic E-state index is 11.9. The van der Waals surface area contributed by atoms with Gasteiger partial charge in [0.1, 0.15) is 11.4 Å². The minimum atomic E-state index is -4.02. The maximum Gasteiger partial charge on any atom is 1.00 e. The van der Waals surface area contributed by atoms with Crippen molar-refractivity contribution in [2.24, 2.45) is 5.73 Å². The number of hydrogen-bond acceptors (Lipinski definition) is 12. The van der Waals surface area contributed by atoms with Crippen LogP contribution in [0.5, 0.6) is 0 Å². The number of aromatic nitrogens is 2. The maximum atomic E-state index is 11.9. The van der Waals surface area contributed by atoms with Crippen molar-refractivity contribution in [1.29, 1.82) is 0 Å². The smallest absolute Gasteiger partial charge is 0.543 e. The van der Waals surface area contributed by atoms with Gasteiger partial charge in [-0.15, -0.1) is 22.0 Å². The molecule has 2 aliphatic heterocycles. The number of nitrogens with zero attached hydrogens (tertiary/aromatic N) is 3. The van der Waals surface area contributed by atoms with Crippen molar-refractivity contribution in [2.45, 2.75) is 20.1 Å². The number of aliphatic carboxylic acids is 1. The van der Waals surface area contributed by atoms with Crippen molar-refractivity contribution < 1.29 is 57.2 Å². The summed E-state index contributed by atoms with van der Waals surface area (Å²) in [6, 6.07) is -0.691. The van der Waals surface area contributed by atoms with Crippen LogP contribution in [0.4, 0.5) is 0 Å². The van der Waals surface area contributed by atoms with Crippen LogP contribution >= 0.6 is 46.6 Å². The number of carboxylic acids is 1. The van der Waals surface area contributed by atoms with Crippen LogP contribution in [0.2, 0.25) is 0 Å². The Morgan fingerprint density at radius 1 is 1.36 bits per heavy atom. The van der Waals surface area contributed by atoms with E-state index in [-0.39, 0.29) is 52.1 Å². The standard InChI is InChI=1S/C12H14N4O6S5.Na/c13-6-8(17)16-7(10(18)19)5(3-24-9(6)16)4-25-12-15-14-11(26-12)23-1-2-27(20,21)22;/h6,9H,1-4,13H2,(H,18,19)(H,20,21,22);/q;+1/p-1/t6?,9-;/m0./s1. The van der Waals surface area contributed by atoms with Gasteiger partial charge < -0.3 is 15.6 Å². The van der Waals surface area contributed by atoms with Crippen LogP contribution in [0.25, 0.3) is 0 Å². The molecule has 2 atom stereocenters. The van der Waals surface area contributed by atoms with E-state index in [1.165, 1.54) is 39.8 Å². The SMILES string of the molecule is NC1C(=O)N2C(C(=O)[O-])=C(CSc3nnc(SCCS(=O)(=O)O)s3)CS[C@@H]12.[Na+]. The summed E-state index contributed by atoms with van der Waals surface area (Å²) >= 11 is 5.06. The number of thioether (sulfide) groups is 3. The van der Waals surface area contributed by atoms with Crippen molar-refractivity contribution in [3.8, 4) is 0 Å². The number of nitrogens with two attached hydrogens (primary N) is 1. The van der Waals surface area contributed by atoms with Crippen LogP contribution < -0.4 is 40.4 Å². The number of carbonyl (C=O) groups excluding carboxylic acids is 2. The van der Waals surface area contributed by atoms with Crippen molar-refractivity contribution in [2.75, 3.05) is 23.0 Å². The summed E-state index contributed by atoms with van der Waals surface area (Å²) in [6.45, 7) is 0. The Kier molecular flexibility index (Phi) is 8.71. The van der Waals surface area contributed by atoms with Gasteiger partial charge in [-0.25, -0.2) is 0 Å². The molecule has 0 aliphatic carbocycles. The second kappa shape index (κ2) is 9.98. The molecule has 1 unspecified atom stereocenters. The van der Waals surface area contributed by atoms with Crippen molar-refractivity contribution >= 4 is 68.6 Å². The van der Waals surface area contributed by atoms with Crippen LogP contribution in [0.3, 0.4) is 0 Å². The third-order valence-corrected chi connectivity index (χ3v) is 9.22. The molecule has 0 aromatic carbocycles. The number of carbonyl (C=O) groups is 2. The van der Waals surface area contributed by atoms with Crippen molar-refractivity contribution in [3.63, 3.8) is 0 Å². The van der Waals surface area contributed by atoms with E-state index in [0.717, 1.165) is 11.8 Å². The number of carboxylic acid groups (broad SMARTS) is 1. The van der Waals surface area contributed by atoms with E-state index in [1.807, 2.05) is 0 Å². The average molecular weight is 493 g/mol. The van der Waals surface area contributed by atoms with Gasteiger partial charge in [-0.3, -0.25) is 14.2 Å². The molecule has 1 fully saturated rings. The molecule has 148 valence electrons. The van der Waals surface area contributed by atoms with E-state index in [0.29, 0.717) is 25.8 Å². The van der Waals surface area contributed by atoms with Crippen LogP contribution in [0.15, 0.2) is 19.9 Å². The molecule has 3 heterocycles. The third kappa shape index (κ3) is 5.65. The summed E-state index contributed by atoms with van der Waals surface area (Å²) in [7, 11) is -4.02. The summed E-state index contributed by atoms with van der Waals surface area (Å²) in [6.07, 6.45) is 0. The number of amides is 1. The largest absolute Gasteiger partial charge is 1.00 e. The van der Waals surface area contributed by atoms with Gasteiger partial charge in [-0.05, 0) is 5.57 Å². The van der Waals surface area contributed by atoms with Gasteiger partial charge in [0.2, 0.25) is 5.91 Å². The number of β-lactam (4-membered cyclic amide) rings is 1. The van der Waals surface area contributed by atoms with Gasteiger partial charge in [0.05, 0.1) is 17.4 Å². The van der Waals surface area contributed by atoms with E-state index in [4.69, 9.17) is 10.3 Å². The Hall–Kier alpha value is 0.160. The Labute approximate surface area is 199 Å². The topological polar surface area (TPSA) is 167 Å². The van der Waals surface area contributed by atoms with Gasteiger partial charge >= 0.3 is 29.6 Å². The quantitative estimate of drug-likeness (QED) is 0.156. The van der Waals surface area contributed by atoms with Gasteiger partial charge in [0.15, 0.2) is 8.68 Å². The Morgan fingerprint density at radius 2 is 2.00 bits per heavy atom. The second-order valence-corrected chi connectivity index (χ2v) is 11.7. The Morgan fingerprint density at radius 3 is 2.61 bits per heavy atom. The average Bonchev–Trinajstić information content (AvgIpc) is 3.04. The molecule has 16 heteroatoms. The zero-order valence-corrected chi connectivity index (χ0v) is 20.5. The molecule has 3 rings (SSSR count). The van der Waals surface area contributed by atoms with Gasteiger partial charge in [0.25, 0.3) is 10.1 Å². The van der Waals surface area contributed by atoms with E-state index in [2.05, 4.69) is 10.2 Å². The summed E-state index contributed by atoms with van der Waals surface area (Å²) < 4.78 is 31.2. The third-order valence-electron chi connectivity index (χ3n) is 3.61. The Balaban J connectivity index is 0.00000280. The number of fused-ring (bicyclic) bond motifs is 1.